The fraction of sp³-hybridized carbons (Fsp3) is 0.357. The summed E-state index contributed by atoms with van der Waals surface area (Å²) in [5, 5.41) is 25.2. The zero-order valence-corrected chi connectivity index (χ0v) is 23.4. The number of nitrogens with one attached hydrogen (secondary N) is 1. The Morgan fingerprint density at radius 2 is 1.73 bits per heavy atom. The third kappa shape index (κ3) is 8.57. The molecule has 1 heterocycles. The van der Waals surface area contributed by atoms with Crippen LogP contribution in [0.3, 0.4) is 0 Å². The molecule has 40 heavy (non-hydrogen) atoms. The highest BCUT2D eigenvalue weighted by Gasteiger charge is 2.31. The minimum atomic E-state index is -3.99. The Kier molecular flexibility index (Phi) is 10.7. The number of carbonyl (C=O) groups excluding carboxylic acids is 1. The summed E-state index contributed by atoms with van der Waals surface area (Å²) in [5.74, 6) is 0.463. The molecule has 0 saturated heterocycles. The molecular weight excluding hydrogens is 538 g/mol. The number of aromatic nitrogens is 1. The van der Waals surface area contributed by atoms with Crippen molar-refractivity contribution in [3.05, 3.63) is 99.6 Å². The molecule has 0 aliphatic rings. The van der Waals surface area contributed by atoms with Crippen molar-refractivity contribution in [3.8, 4) is 5.75 Å². The number of carbonyl (C=O) groups is 1. The lowest BCUT2D eigenvalue weighted by Crippen LogP contribution is -2.51. The maximum atomic E-state index is 13.5. The first-order chi connectivity index (χ1) is 19.0. The highest BCUT2D eigenvalue weighted by atomic mass is 32.2. The standard InChI is InChI=1S/C28H34N3O8S/c1-20(2)17-30(40(36,37)24-11-9-23(38-3)10-12-24)18-26(32)25(15-21-7-5-4-6-8-21)29-28(34)39-19-22-13-14-31(35)27(33)16-22/h4-14,16,20,25-26,32H,15,17-19H2,1-3H3,(H,29,34)/q-1/t25-,26+/m0/s1. The van der Waals surface area contributed by atoms with Crippen LogP contribution in [0.4, 0.5) is 4.79 Å². The summed E-state index contributed by atoms with van der Waals surface area (Å²) < 4.78 is 38.8. The maximum Gasteiger partial charge on any atom is 0.407 e. The Morgan fingerprint density at radius 3 is 2.33 bits per heavy atom. The molecule has 2 atom stereocenters. The van der Waals surface area contributed by atoms with Gasteiger partial charge < -0.3 is 29.8 Å². The van der Waals surface area contributed by atoms with Gasteiger partial charge in [-0.25, -0.2) is 13.2 Å². The van der Waals surface area contributed by atoms with Crippen LogP contribution in [0.25, 0.3) is 0 Å². The van der Waals surface area contributed by atoms with Crippen LogP contribution >= 0.6 is 0 Å². The summed E-state index contributed by atoms with van der Waals surface area (Å²) in [6.45, 7) is 3.31. The smallest absolute Gasteiger partial charge is 0.407 e. The summed E-state index contributed by atoms with van der Waals surface area (Å²) in [6, 6.07) is 16.6. The van der Waals surface area contributed by atoms with Gasteiger partial charge in [0.2, 0.25) is 15.6 Å². The zero-order chi connectivity index (χ0) is 29.3. The average Bonchev–Trinajstić information content (AvgIpc) is 2.93. The van der Waals surface area contributed by atoms with E-state index < -0.39 is 33.8 Å². The number of hydrogen-bond acceptors (Lipinski definition) is 8. The Bertz CT molecular complexity index is 1410. The summed E-state index contributed by atoms with van der Waals surface area (Å²) in [7, 11) is -2.50. The van der Waals surface area contributed by atoms with E-state index in [1.807, 2.05) is 44.2 Å². The molecule has 0 saturated carbocycles. The number of sulfonamides is 1. The third-order valence-electron chi connectivity index (χ3n) is 6.04. The molecule has 1 aromatic heterocycles. The van der Waals surface area contributed by atoms with Crippen LogP contribution in [0.5, 0.6) is 5.75 Å². The monoisotopic (exact) mass is 572 g/mol. The van der Waals surface area contributed by atoms with Crippen molar-refractivity contribution in [2.75, 3.05) is 20.2 Å². The molecule has 11 nitrogen and oxygen atoms in total. The van der Waals surface area contributed by atoms with E-state index in [0.29, 0.717) is 11.3 Å². The molecule has 216 valence electrons. The SMILES string of the molecule is COc1ccc(S(=O)(=O)N(CC(C)C)C[C@@H](O)[C@H](Cc2ccccc2)NC(=O)OCc2ccn([O-])c(=O)c2)cc1. The second-order valence-corrected chi connectivity index (χ2v) is 11.6. The van der Waals surface area contributed by atoms with Crippen molar-refractivity contribution >= 4 is 16.1 Å². The summed E-state index contributed by atoms with van der Waals surface area (Å²) in [5.41, 5.74) is 0.336. The quantitative estimate of drug-likeness (QED) is 0.317. The minimum absolute atomic E-state index is 0.0460. The molecule has 1 amide bonds. The fourth-order valence-corrected chi connectivity index (χ4v) is 5.62. The van der Waals surface area contributed by atoms with E-state index in [-0.39, 0.29) is 41.7 Å². The third-order valence-corrected chi connectivity index (χ3v) is 7.89. The Morgan fingerprint density at radius 1 is 1.05 bits per heavy atom. The van der Waals surface area contributed by atoms with Gasteiger partial charge in [-0.05, 0) is 53.8 Å². The molecular formula is C28H34N3O8S-. The van der Waals surface area contributed by atoms with E-state index in [1.54, 1.807) is 12.1 Å². The van der Waals surface area contributed by atoms with Crippen molar-refractivity contribution in [2.45, 2.75) is 43.9 Å². The average molecular weight is 573 g/mol. The summed E-state index contributed by atoms with van der Waals surface area (Å²) in [4.78, 5) is 24.3. The first-order valence-corrected chi connectivity index (χ1v) is 14.1. The lowest BCUT2D eigenvalue weighted by Gasteiger charge is -2.30. The van der Waals surface area contributed by atoms with Crippen LogP contribution in [-0.2, 0) is 27.8 Å². The second kappa shape index (κ2) is 14.0. The second-order valence-electron chi connectivity index (χ2n) is 9.67. The number of alkyl carbamates (subject to hydrolysis) is 1. The number of rotatable bonds is 13. The lowest BCUT2D eigenvalue weighted by molar-refractivity contribution is 0.0873. The van der Waals surface area contributed by atoms with E-state index in [1.165, 1.54) is 29.6 Å². The topological polar surface area (TPSA) is 150 Å². The zero-order valence-electron chi connectivity index (χ0n) is 22.6. The van der Waals surface area contributed by atoms with Crippen LogP contribution in [0.1, 0.15) is 25.0 Å². The van der Waals surface area contributed by atoms with Gasteiger partial charge in [0.1, 0.15) is 12.4 Å². The lowest BCUT2D eigenvalue weighted by atomic mass is 10.0. The number of amides is 1. The van der Waals surface area contributed by atoms with Crippen molar-refractivity contribution in [2.24, 2.45) is 5.92 Å². The molecule has 0 aliphatic carbocycles. The normalized spacial score (nSPS) is 13.2. The van der Waals surface area contributed by atoms with Crippen molar-refractivity contribution < 1.29 is 27.8 Å². The molecule has 0 unspecified atom stereocenters. The largest absolute Gasteiger partial charge is 0.803 e. The van der Waals surface area contributed by atoms with Gasteiger partial charge in [0.15, 0.2) is 0 Å². The molecule has 0 radical (unpaired) electrons. The van der Waals surface area contributed by atoms with Gasteiger partial charge in [0.25, 0.3) is 0 Å². The molecule has 0 fully saturated rings. The van der Waals surface area contributed by atoms with E-state index >= 15 is 0 Å². The van der Waals surface area contributed by atoms with E-state index in [4.69, 9.17) is 9.47 Å². The molecule has 2 aromatic carbocycles. The molecule has 3 rings (SSSR count). The highest BCUT2D eigenvalue weighted by molar-refractivity contribution is 7.89. The molecule has 0 bridgehead atoms. The van der Waals surface area contributed by atoms with Crippen LogP contribution in [0.15, 0.2) is 82.6 Å². The van der Waals surface area contributed by atoms with Crippen LogP contribution in [0, 0.1) is 11.1 Å². The Hall–Kier alpha value is -3.87. The molecule has 12 heteroatoms. The van der Waals surface area contributed by atoms with Gasteiger partial charge in [-0.3, -0.25) is 4.79 Å². The van der Waals surface area contributed by atoms with Crippen LogP contribution in [0.2, 0.25) is 0 Å². The maximum absolute atomic E-state index is 13.5. The van der Waals surface area contributed by atoms with Crippen molar-refractivity contribution in [3.63, 3.8) is 0 Å². The van der Waals surface area contributed by atoms with Crippen molar-refractivity contribution in [1.82, 2.24) is 14.4 Å². The van der Waals surface area contributed by atoms with E-state index in [2.05, 4.69) is 5.32 Å². The van der Waals surface area contributed by atoms with Gasteiger partial charge in [0, 0.05) is 25.4 Å². The van der Waals surface area contributed by atoms with Gasteiger partial charge >= 0.3 is 6.09 Å². The van der Waals surface area contributed by atoms with E-state index in [0.717, 1.165) is 17.8 Å². The van der Waals surface area contributed by atoms with Gasteiger partial charge in [-0.1, -0.05) is 44.2 Å². The number of hydrogen-bond donors (Lipinski definition) is 2. The molecule has 0 spiro atoms. The predicted molar refractivity (Wildman–Crippen MR) is 149 cm³/mol. The van der Waals surface area contributed by atoms with E-state index in [9.17, 15) is 28.3 Å². The number of methoxy groups -OCH3 is 1. The van der Waals surface area contributed by atoms with Gasteiger partial charge in [-0.2, -0.15) is 4.31 Å². The van der Waals surface area contributed by atoms with Crippen molar-refractivity contribution in [1.29, 1.82) is 0 Å². The number of benzene rings is 2. The first kappa shape index (κ1) is 30.7. The molecule has 3 aromatic rings. The highest BCUT2D eigenvalue weighted by Crippen LogP contribution is 2.21. The van der Waals surface area contributed by atoms with Crippen LogP contribution in [-0.4, -0.2) is 61.0 Å². The number of aliphatic hydroxyl groups is 1. The summed E-state index contributed by atoms with van der Waals surface area (Å²) >= 11 is 0. The number of ether oxygens (including phenoxy) is 2. The Labute approximate surface area is 233 Å². The molecule has 2 N–H and O–H groups in total. The Balaban J connectivity index is 1.79. The fourth-order valence-electron chi connectivity index (χ4n) is 4.00. The minimum Gasteiger partial charge on any atom is -0.803 e. The molecule has 0 aliphatic heterocycles. The number of pyridine rings is 1. The first-order valence-electron chi connectivity index (χ1n) is 12.7. The summed E-state index contributed by atoms with van der Waals surface area (Å²) in [6.07, 6.45) is -0.960. The van der Waals surface area contributed by atoms with Gasteiger partial charge in [0.05, 0.1) is 24.2 Å². The number of nitrogens with zero attached hydrogens (tertiary/aromatic N) is 2. The predicted octanol–water partition coefficient (Wildman–Crippen LogP) is 2.75. The van der Waals surface area contributed by atoms with Crippen LogP contribution < -0.4 is 15.6 Å². The van der Waals surface area contributed by atoms with Gasteiger partial charge in [-0.15, -0.1) is 0 Å². The number of aliphatic hydroxyl groups excluding tert-OH is 1.